The number of hydrogen-bond donors (Lipinski definition) is 2. The van der Waals surface area contributed by atoms with E-state index in [4.69, 9.17) is 9.90 Å². The Morgan fingerprint density at radius 2 is 1.63 bits per heavy atom. The molecule has 162 valence electrons. The third kappa shape index (κ3) is 15.0. The van der Waals surface area contributed by atoms with Crippen LogP contribution in [0.25, 0.3) is 0 Å². The lowest BCUT2D eigenvalue weighted by molar-refractivity contribution is -0.174. The molecular weight excluding hydrogens is 365 g/mol. The van der Waals surface area contributed by atoms with E-state index in [1.807, 2.05) is 34.6 Å². The van der Waals surface area contributed by atoms with Gasteiger partial charge in [-0.3, -0.25) is 14.4 Å². The summed E-state index contributed by atoms with van der Waals surface area (Å²) in [5.74, 6) is -1.45. The number of alkyl halides is 3. The fourth-order valence-electron chi connectivity index (χ4n) is 1.85. The molecule has 0 radical (unpaired) electrons. The summed E-state index contributed by atoms with van der Waals surface area (Å²) in [5.41, 5.74) is -0.0519. The lowest BCUT2D eigenvalue weighted by atomic mass is 9.84. The van der Waals surface area contributed by atoms with Gasteiger partial charge in [0.25, 0.3) is 6.47 Å². The quantitative estimate of drug-likeness (QED) is 0.694. The van der Waals surface area contributed by atoms with E-state index >= 15 is 0 Å². The number of hydrogen-bond acceptors (Lipinski definition) is 3. The molecule has 0 spiro atoms. The number of likely N-dealkylation sites (tertiary alicyclic amines) is 1. The summed E-state index contributed by atoms with van der Waals surface area (Å²) in [6.45, 7) is 16.6. The highest BCUT2D eigenvalue weighted by molar-refractivity contribution is 5.87. The Morgan fingerprint density at radius 3 is 1.89 bits per heavy atom. The van der Waals surface area contributed by atoms with E-state index < -0.39 is 24.5 Å². The summed E-state index contributed by atoms with van der Waals surface area (Å²) in [5, 5.41) is 8.48. The summed E-state index contributed by atoms with van der Waals surface area (Å²) in [7, 11) is 0. The van der Waals surface area contributed by atoms with Crippen molar-refractivity contribution in [2.45, 2.75) is 61.6 Å². The molecule has 2 N–H and O–H groups in total. The molecule has 1 fully saturated rings. The van der Waals surface area contributed by atoms with Gasteiger partial charge in [0, 0.05) is 13.1 Å². The number of carbonyl (C=O) groups excluding carboxylic acids is 2. The number of carboxylic acid groups (broad SMARTS) is 1. The molecule has 1 aliphatic heterocycles. The minimum absolute atomic E-state index is 0.0519. The zero-order valence-electron chi connectivity index (χ0n) is 17.6. The summed E-state index contributed by atoms with van der Waals surface area (Å²) < 4.78 is 35.8. The van der Waals surface area contributed by atoms with Crippen molar-refractivity contribution < 1.29 is 32.7 Å². The highest BCUT2D eigenvalue weighted by Gasteiger charge is 2.41. The molecule has 6 nitrogen and oxygen atoms in total. The third-order valence-corrected chi connectivity index (χ3v) is 3.44. The molecule has 1 aliphatic rings. The molecule has 1 heterocycles. The Balaban J connectivity index is -0.000000541. The van der Waals surface area contributed by atoms with Crippen LogP contribution in [0.1, 0.15) is 55.4 Å². The molecule has 1 atom stereocenters. The van der Waals surface area contributed by atoms with Crippen LogP contribution in [-0.2, 0) is 14.4 Å². The standard InChI is InChI=1S/C11H17F3N2O2.C4H10.C2H6.CH2O2/c1-7-5-16(6-10(7,2)3)8(17)4-15-9(18)11(12,13)14;1-4(2)3;1-2;2-1-3/h7H,4-6H2,1-3H3,(H,15,18);4H,1-3H3;1-2H3;1H,(H,2,3). The Bertz CT molecular complexity index is 436. The van der Waals surface area contributed by atoms with Crippen molar-refractivity contribution >= 4 is 18.3 Å². The number of amides is 2. The zero-order chi connectivity index (χ0) is 22.4. The van der Waals surface area contributed by atoms with Gasteiger partial charge in [0.1, 0.15) is 0 Å². The van der Waals surface area contributed by atoms with E-state index in [0.717, 1.165) is 5.92 Å². The average molecular weight is 400 g/mol. The SMILES string of the molecule is CC.CC(C)C.CC1CN(C(=O)CNC(=O)C(F)(F)F)CC1(C)C.O=CO. The first-order valence-electron chi connectivity index (χ1n) is 8.89. The van der Waals surface area contributed by atoms with Crippen molar-refractivity contribution in [1.82, 2.24) is 10.2 Å². The molecule has 1 unspecified atom stereocenters. The van der Waals surface area contributed by atoms with Gasteiger partial charge in [-0.15, -0.1) is 0 Å². The summed E-state index contributed by atoms with van der Waals surface area (Å²) >= 11 is 0. The van der Waals surface area contributed by atoms with Gasteiger partial charge in [0.15, 0.2) is 0 Å². The summed E-state index contributed by atoms with van der Waals surface area (Å²) in [4.78, 5) is 32.1. The Morgan fingerprint density at radius 1 is 1.26 bits per heavy atom. The van der Waals surface area contributed by atoms with Crippen LogP contribution in [0.3, 0.4) is 0 Å². The third-order valence-electron chi connectivity index (χ3n) is 3.44. The number of nitrogens with one attached hydrogen (secondary N) is 1. The van der Waals surface area contributed by atoms with Gasteiger partial charge >= 0.3 is 12.1 Å². The largest absolute Gasteiger partial charge is 0.483 e. The van der Waals surface area contributed by atoms with Crippen LogP contribution in [-0.4, -0.2) is 54.1 Å². The maximum atomic E-state index is 11.9. The molecule has 27 heavy (non-hydrogen) atoms. The van der Waals surface area contributed by atoms with Crippen LogP contribution in [0, 0.1) is 17.3 Å². The molecular formula is C18H35F3N2O4. The molecule has 0 bridgehead atoms. The Hall–Kier alpha value is -1.80. The second kappa shape index (κ2) is 14.3. The van der Waals surface area contributed by atoms with Crippen molar-refractivity contribution in [2.24, 2.45) is 17.3 Å². The lowest BCUT2D eigenvalue weighted by Gasteiger charge is -2.22. The molecule has 1 rings (SSSR count). The van der Waals surface area contributed by atoms with Gasteiger partial charge in [-0.2, -0.15) is 13.2 Å². The van der Waals surface area contributed by atoms with Gasteiger partial charge in [-0.05, 0) is 17.3 Å². The maximum absolute atomic E-state index is 11.9. The molecule has 9 heteroatoms. The highest BCUT2D eigenvalue weighted by Crippen LogP contribution is 2.34. The fourth-order valence-corrected chi connectivity index (χ4v) is 1.85. The molecule has 0 saturated carbocycles. The van der Waals surface area contributed by atoms with Gasteiger partial charge in [-0.25, -0.2) is 0 Å². The van der Waals surface area contributed by atoms with Crippen molar-refractivity contribution in [1.29, 1.82) is 0 Å². The highest BCUT2D eigenvalue weighted by atomic mass is 19.4. The second-order valence-electron chi connectivity index (χ2n) is 7.18. The van der Waals surface area contributed by atoms with Crippen molar-refractivity contribution in [2.75, 3.05) is 19.6 Å². The molecule has 0 aromatic rings. The van der Waals surface area contributed by atoms with E-state index in [0.29, 0.717) is 13.1 Å². The number of rotatable bonds is 2. The average Bonchev–Trinajstić information content (AvgIpc) is 2.79. The Labute approximate surface area is 160 Å². The number of nitrogens with zero attached hydrogens (tertiary/aromatic N) is 1. The van der Waals surface area contributed by atoms with Gasteiger partial charge in [-0.1, -0.05) is 55.4 Å². The first-order valence-corrected chi connectivity index (χ1v) is 8.89. The van der Waals surface area contributed by atoms with Crippen molar-refractivity contribution in [3.63, 3.8) is 0 Å². The van der Waals surface area contributed by atoms with Crippen LogP contribution in [0.5, 0.6) is 0 Å². The van der Waals surface area contributed by atoms with E-state index in [-0.39, 0.29) is 17.8 Å². The summed E-state index contributed by atoms with van der Waals surface area (Å²) in [6.07, 6.45) is -4.95. The predicted octanol–water partition coefficient (Wildman–Crippen LogP) is 3.56. The molecule has 2 amide bonds. The Kier molecular flexibility index (Phi) is 15.8. The number of carbonyl (C=O) groups is 3. The summed E-state index contributed by atoms with van der Waals surface area (Å²) in [6, 6.07) is 0. The first kappa shape index (κ1) is 29.9. The van der Waals surface area contributed by atoms with Gasteiger partial charge < -0.3 is 15.3 Å². The number of halogens is 3. The zero-order valence-corrected chi connectivity index (χ0v) is 17.6. The molecule has 0 aliphatic carbocycles. The predicted molar refractivity (Wildman–Crippen MR) is 99.1 cm³/mol. The minimum Gasteiger partial charge on any atom is -0.483 e. The van der Waals surface area contributed by atoms with E-state index in [1.54, 1.807) is 5.32 Å². The fraction of sp³-hybridized carbons (Fsp3) is 0.833. The van der Waals surface area contributed by atoms with E-state index in [9.17, 15) is 22.8 Å². The van der Waals surface area contributed by atoms with Crippen molar-refractivity contribution in [3.8, 4) is 0 Å². The smallest absolute Gasteiger partial charge is 0.471 e. The van der Waals surface area contributed by atoms with Crippen LogP contribution in [0.2, 0.25) is 0 Å². The maximum Gasteiger partial charge on any atom is 0.471 e. The van der Waals surface area contributed by atoms with Crippen LogP contribution < -0.4 is 5.32 Å². The normalized spacial score (nSPS) is 17.3. The van der Waals surface area contributed by atoms with Crippen LogP contribution >= 0.6 is 0 Å². The van der Waals surface area contributed by atoms with Crippen LogP contribution in [0.4, 0.5) is 13.2 Å². The molecule has 1 saturated heterocycles. The van der Waals surface area contributed by atoms with E-state index in [1.165, 1.54) is 4.90 Å². The topological polar surface area (TPSA) is 86.7 Å². The van der Waals surface area contributed by atoms with Crippen molar-refractivity contribution in [3.05, 3.63) is 0 Å². The van der Waals surface area contributed by atoms with Gasteiger partial charge in [0.2, 0.25) is 5.91 Å². The second-order valence-corrected chi connectivity index (χ2v) is 7.18. The monoisotopic (exact) mass is 400 g/mol. The van der Waals surface area contributed by atoms with Crippen LogP contribution in [0.15, 0.2) is 0 Å². The minimum atomic E-state index is -4.95. The molecule has 0 aromatic heterocycles. The van der Waals surface area contributed by atoms with E-state index in [2.05, 4.69) is 20.8 Å². The first-order chi connectivity index (χ1) is 12.2. The van der Waals surface area contributed by atoms with Gasteiger partial charge in [0.05, 0.1) is 6.54 Å². The lowest BCUT2D eigenvalue weighted by Crippen LogP contribution is -2.44. The molecule has 0 aromatic carbocycles.